The average molecular weight is 128 g/mol. The lowest BCUT2D eigenvalue weighted by Gasteiger charge is -2.16. The molecule has 0 spiro atoms. The van der Waals surface area contributed by atoms with Crippen molar-refractivity contribution in [2.45, 2.75) is 19.4 Å². The molecule has 50 valence electrons. The Balaban J connectivity index is 4.11. The molecule has 0 bridgehead atoms. The maximum atomic E-state index is 9.87. The largest absolute Gasteiger partial charge is 0.381 e. The number of rotatable bonds is 3. The Hall–Kier alpha value is -0.700. The summed E-state index contributed by atoms with van der Waals surface area (Å²) in [6.07, 6.45) is 2.83. The quantitative estimate of drug-likeness (QED) is 0.562. The van der Waals surface area contributed by atoms with E-state index in [1.807, 2.05) is 0 Å². The van der Waals surface area contributed by atoms with Gasteiger partial charge in [-0.25, -0.2) is 0 Å². The lowest BCUT2D eigenvalue weighted by Crippen LogP contribution is -2.35. The average Bonchev–Trinajstić information content (AvgIpc) is 1.86. The highest BCUT2D eigenvalue weighted by Gasteiger charge is 2.28. The van der Waals surface area contributed by atoms with Crippen molar-refractivity contribution in [3.05, 3.63) is 0 Å². The van der Waals surface area contributed by atoms with Gasteiger partial charge in [-0.3, -0.25) is 9.59 Å². The van der Waals surface area contributed by atoms with Gasteiger partial charge in [0.05, 0.1) is 5.92 Å². The normalized spacial score (nSPS) is 19.9. The molecule has 0 amide bonds. The molecule has 0 aromatic rings. The lowest BCUT2D eigenvalue weighted by atomic mass is 9.94. The van der Waals surface area contributed by atoms with Crippen LogP contribution in [-0.4, -0.2) is 23.3 Å². The fourth-order valence-corrected chi connectivity index (χ4v) is 0.203. The highest BCUT2D eigenvalue weighted by atomic mass is 16.3. The molecular weight excluding hydrogens is 120 g/mol. The van der Waals surface area contributed by atoms with Gasteiger partial charge in [-0.15, -0.1) is 0 Å². The summed E-state index contributed by atoms with van der Waals surface area (Å²) >= 11 is 0. The van der Waals surface area contributed by atoms with Crippen molar-refractivity contribution in [1.82, 2.24) is 0 Å². The summed E-state index contributed by atoms with van der Waals surface area (Å²) in [6, 6.07) is 0. The van der Waals surface area contributed by atoms with Crippen LogP contribution in [-0.2, 0) is 9.59 Å². The van der Waals surface area contributed by atoms with E-state index in [-0.39, 0.29) is 0 Å². The summed E-state index contributed by atoms with van der Waals surface area (Å²) in [7, 11) is 0. The number of carbonyl (C=O) groups excluding carboxylic acids is 2. The maximum absolute atomic E-state index is 9.87. The van der Waals surface area contributed by atoms with Crippen LogP contribution in [0.15, 0.2) is 0 Å². The predicted molar refractivity (Wildman–Crippen MR) is 31.2 cm³/mol. The topological polar surface area (TPSA) is 54.4 Å². The van der Waals surface area contributed by atoms with E-state index in [0.29, 0.717) is 0 Å². The van der Waals surface area contributed by atoms with Gasteiger partial charge in [0, 0.05) is 0 Å². The zero-order valence-electron chi connectivity index (χ0n) is 5.34. The molecule has 0 aliphatic heterocycles. The second kappa shape index (κ2) is 2.73. The van der Waals surface area contributed by atoms with Gasteiger partial charge in [0.2, 0.25) is 12.6 Å². The van der Waals surface area contributed by atoms with Gasteiger partial charge >= 0.3 is 0 Å². The number of hydrogen-bond donors (Lipinski definition) is 1. The second-order valence-corrected chi connectivity index (χ2v) is 2.09. The molecule has 3 heteroatoms. The molecule has 0 heterocycles. The summed E-state index contributed by atoms with van der Waals surface area (Å²) in [6.45, 7) is 2.62. The first-order valence-corrected chi connectivity index (χ1v) is 2.54. The van der Waals surface area contributed by atoms with Crippen LogP contribution >= 0.6 is 0 Å². The van der Waals surface area contributed by atoms with Crippen LogP contribution in [0.1, 0.15) is 13.8 Å². The van der Waals surface area contributed by atoms with Crippen LogP contribution in [0.4, 0.5) is 0 Å². The van der Waals surface area contributed by atoms with E-state index in [4.69, 9.17) is 5.11 Å². The first kappa shape index (κ1) is 8.30. The zero-order valence-corrected chi connectivity index (χ0v) is 5.34. The maximum Gasteiger partial charge on any atom is 0.233 e. The minimum atomic E-state index is -1.68. The van der Waals surface area contributed by atoms with Crippen LogP contribution in [0.25, 0.3) is 0 Å². The molecule has 0 aromatic heterocycles. The SMILES string of the molecule is CC([C]=O)C(C)(O)[C]=O. The molecule has 0 aromatic carbocycles. The summed E-state index contributed by atoms with van der Waals surface area (Å²) in [4.78, 5) is 19.7. The van der Waals surface area contributed by atoms with E-state index >= 15 is 0 Å². The fraction of sp³-hybridized carbons (Fsp3) is 0.667. The molecule has 2 atom stereocenters. The third-order valence-corrected chi connectivity index (χ3v) is 1.23. The molecule has 3 nitrogen and oxygen atoms in total. The van der Waals surface area contributed by atoms with Gasteiger partial charge < -0.3 is 5.11 Å². The molecule has 2 unspecified atom stereocenters. The molecule has 0 rings (SSSR count). The van der Waals surface area contributed by atoms with Crippen molar-refractivity contribution in [2.24, 2.45) is 5.92 Å². The molecule has 0 saturated carbocycles. The molecule has 2 radical (unpaired) electrons. The van der Waals surface area contributed by atoms with Gasteiger partial charge in [0.1, 0.15) is 5.60 Å². The summed E-state index contributed by atoms with van der Waals surface area (Å²) in [5.74, 6) is -0.810. The minimum Gasteiger partial charge on any atom is -0.381 e. The highest BCUT2D eigenvalue weighted by molar-refractivity contribution is 5.71. The Morgan fingerprint density at radius 2 is 2.00 bits per heavy atom. The zero-order chi connectivity index (χ0) is 7.49. The Bertz CT molecular complexity index is 117. The smallest absolute Gasteiger partial charge is 0.233 e. The highest BCUT2D eigenvalue weighted by Crippen LogP contribution is 2.10. The van der Waals surface area contributed by atoms with E-state index in [0.717, 1.165) is 0 Å². The molecule has 9 heavy (non-hydrogen) atoms. The van der Waals surface area contributed by atoms with Crippen molar-refractivity contribution in [2.75, 3.05) is 0 Å². The van der Waals surface area contributed by atoms with Gasteiger partial charge in [0.25, 0.3) is 0 Å². The monoisotopic (exact) mass is 128 g/mol. The molecule has 0 aliphatic carbocycles. The first-order valence-electron chi connectivity index (χ1n) is 2.54. The van der Waals surface area contributed by atoms with Gasteiger partial charge in [-0.05, 0) is 6.92 Å². The van der Waals surface area contributed by atoms with Crippen LogP contribution < -0.4 is 0 Å². The lowest BCUT2D eigenvalue weighted by molar-refractivity contribution is 0.0977. The van der Waals surface area contributed by atoms with Crippen LogP contribution in [0.5, 0.6) is 0 Å². The minimum absolute atomic E-state index is 0.810. The predicted octanol–water partition coefficient (Wildman–Crippen LogP) is -0.407. The Morgan fingerprint density at radius 3 is 2.11 bits per heavy atom. The Morgan fingerprint density at radius 1 is 1.56 bits per heavy atom. The van der Waals surface area contributed by atoms with E-state index in [2.05, 4.69) is 0 Å². The number of hydrogen-bond acceptors (Lipinski definition) is 3. The van der Waals surface area contributed by atoms with Gasteiger partial charge in [-0.2, -0.15) is 0 Å². The van der Waals surface area contributed by atoms with Crippen molar-refractivity contribution < 1.29 is 14.7 Å². The standard InChI is InChI=1S/C6H8O3/c1-5(3-7)6(2,9)4-8/h5,9H,1-2H3. The third-order valence-electron chi connectivity index (χ3n) is 1.23. The molecule has 0 saturated heterocycles. The Labute approximate surface area is 53.7 Å². The van der Waals surface area contributed by atoms with E-state index in [1.54, 1.807) is 0 Å². The van der Waals surface area contributed by atoms with Crippen molar-refractivity contribution in [3.63, 3.8) is 0 Å². The van der Waals surface area contributed by atoms with Crippen LogP contribution in [0.2, 0.25) is 0 Å². The van der Waals surface area contributed by atoms with Crippen molar-refractivity contribution in [1.29, 1.82) is 0 Å². The molecule has 0 aliphatic rings. The van der Waals surface area contributed by atoms with Gasteiger partial charge in [0.15, 0.2) is 0 Å². The molecule has 0 fully saturated rings. The fourth-order valence-electron chi connectivity index (χ4n) is 0.203. The number of aliphatic hydroxyl groups is 1. The first-order chi connectivity index (χ1) is 4.04. The van der Waals surface area contributed by atoms with E-state index in [9.17, 15) is 9.59 Å². The summed E-state index contributed by atoms with van der Waals surface area (Å²) in [5.41, 5.74) is -1.68. The van der Waals surface area contributed by atoms with E-state index in [1.165, 1.54) is 26.4 Å². The van der Waals surface area contributed by atoms with Gasteiger partial charge in [-0.1, -0.05) is 6.92 Å². The Kier molecular flexibility index (Phi) is 2.52. The summed E-state index contributed by atoms with van der Waals surface area (Å²) < 4.78 is 0. The van der Waals surface area contributed by atoms with Crippen molar-refractivity contribution in [3.8, 4) is 0 Å². The summed E-state index contributed by atoms with van der Waals surface area (Å²) in [5, 5.41) is 8.91. The van der Waals surface area contributed by atoms with Crippen LogP contribution in [0, 0.1) is 5.92 Å². The second-order valence-electron chi connectivity index (χ2n) is 2.09. The third kappa shape index (κ3) is 1.93. The van der Waals surface area contributed by atoms with Crippen LogP contribution in [0.3, 0.4) is 0 Å². The molecule has 1 N–H and O–H groups in total. The van der Waals surface area contributed by atoms with Crippen molar-refractivity contribution >= 4 is 12.6 Å². The molecular formula is C6H8O3. The van der Waals surface area contributed by atoms with E-state index < -0.39 is 11.5 Å².